The van der Waals surface area contributed by atoms with Crippen LogP contribution in [0.3, 0.4) is 0 Å². The SMILES string of the molecule is COC(=O)c1cccc(N)c1NCC(C)(C)C. The monoisotopic (exact) mass is 236 g/mol. The van der Waals surface area contributed by atoms with Gasteiger partial charge in [0.2, 0.25) is 0 Å². The summed E-state index contributed by atoms with van der Waals surface area (Å²) in [6, 6.07) is 5.20. The van der Waals surface area contributed by atoms with E-state index in [1.807, 2.05) is 0 Å². The number of nitrogens with two attached hydrogens (primary N) is 1. The molecule has 0 aliphatic carbocycles. The maximum Gasteiger partial charge on any atom is 0.340 e. The number of ether oxygens (including phenoxy) is 1. The van der Waals surface area contributed by atoms with Crippen molar-refractivity contribution < 1.29 is 9.53 Å². The number of carbonyl (C=O) groups excluding carboxylic acids is 1. The average molecular weight is 236 g/mol. The second-order valence-corrected chi connectivity index (χ2v) is 5.18. The molecule has 4 nitrogen and oxygen atoms in total. The molecule has 3 N–H and O–H groups in total. The largest absolute Gasteiger partial charge is 0.465 e. The number of para-hydroxylation sites is 1. The maximum atomic E-state index is 11.6. The lowest BCUT2D eigenvalue weighted by Crippen LogP contribution is -2.21. The topological polar surface area (TPSA) is 64.3 Å². The number of hydrogen-bond acceptors (Lipinski definition) is 4. The number of benzene rings is 1. The number of esters is 1. The van der Waals surface area contributed by atoms with Crippen LogP contribution in [-0.2, 0) is 4.74 Å². The van der Waals surface area contributed by atoms with E-state index in [2.05, 4.69) is 26.1 Å². The second kappa shape index (κ2) is 5.08. The summed E-state index contributed by atoms with van der Waals surface area (Å²) in [5.41, 5.74) is 7.65. The first-order chi connectivity index (χ1) is 7.85. The zero-order valence-electron chi connectivity index (χ0n) is 10.8. The van der Waals surface area contributed by atoms with E-state index in [1.165, 1.54) is 7.11 Å². The van der Waals surface area contributed by atoms with Crippen molar-refractivity contribution in [2.75, 3.05) is 24.7 Å². The molecule has 0 unspecified atom stereocenters. The van der Waals surface area contributed by atoms with Crippen LogP contribution in [0.15, 0.2) is 18.2 Å². The van der Waals surface area contributed by atoms with E-state index in [1.54, 1.807) is 18.2 Å². The molecule has 0 fully saturated rings. The molecule has 4 heteroatoms. The molecule has 1 aromatic rings. The molecule has 0 aliphatic rings. The Bertz CT molecular complexity index is 408. The van der Waals surface area contributed by atoms with Crippen molar-refractivity contribution in [3.05, 3.63) is 23.8 Å². The molecule has 17 heavy (non-hydrogen) atoms. The summed E-state index contributed by atoms with van der Waals surface area (Å²) in [4.78, 5) is 11.6. The first-order valence-electron chi connectivity index (χ1n) is 5.56. The fraction of sp³-hybridized carbons (Fsp3) is 0.462. The highest BCUT2D eigenvalue weighted by atomic mass is 16.5. The zero-order valence-corrected chi connectivity index (χ0v) is 10.8. The van der Waals surface area contributed by atoms with Gasteiger partial charge in [-0.05, 0) is 17.5 Å². The third kappa shape index (κ3) is 3.66. The van der Waals surface area contributed by atoms with Crippen molar-refractivity contribution in [3.8, 4) is 0 Å². The normalized spacial score (nSPS) is 11.1. The molecule has 0 aliphatic heterocycles. The van der Waals surface area contributed by atoms with Crippen molar-refractivity contribution in [2.24, 2.45) is 5.41 Å². The van der Waals surface area contributed by atoms with Gasteiger partial charge in [-0.25, -0.2) is 4.79 Å². The lowest BCUT2D eigenvalue weighted by atomic mass is 9.96. The number of hydrogen-bond donors (Lipinski definition) is 2. The van der Waals surface area contributed by atoms with Gasteiger partial charge in [-0.1, -0.05) is 26.8 Å². The fourth-order valence-electron chi connectivity index (χ4n) is 1.40. The molecular weight excluding hydrogens is 216 g/mol. The van der Waals surface area contributed by atoms with Crippen molar-refractivity contribution in [1.82, 2.24) is 0 Å². The van der Waals surface area contributed by atoms with Crippen LogP contribution in [0.25, 0.3) is 0 Å². The van der Waals surface area contributed by atoms with Crippen molar-refractivity contribution in [3.63, 3.8) is 0 Å². The van der Waals surface area contributed by atoms with E-state index in [9.17, 15) is 4.79 Å². The fourth-order valence-corrected chi connectivity index (χ4v) is 1.40. The number of methoxy groups -OCH3 is 1. The Morgan fingerprint density at radius 2 is 2.06 bits per heavy atom. The summed E-state index contributed by atoms with van der Waals surface area (Å²) in [7, 11) is 1.36. The molecule has 0 radical (unpaired) electrons. The lowest BCUT2D eigenvalue weighted by Gasteiger charge is -2.21. The predicted molar refractivity (Wildman–Crippen MR) is 70.1 cm³/mol. The first-order valence-corrected chi connectivity index (χ1v) is 5.56. The molecule has 0 heterocycles. The molecule has 0 atom stereocenters. The van der Waals surface area contributed by atoms with E-state index >= 15 is 0 Å². The van der Waals surface area contributed by atoms with Crippen LogP contribution in [0.5, 0.6) is 0 Å². The van der Waals surface area contributed by atoms with E-state index in [0.717, 1.165) is 6.54 Å². The van der Waals surface area contributed by atoms with Crippen molar-refractivity contribution >= 4 is 17.3 Å². The molecule has 0 saturated heterocycles. The third-order valence-electron chi connectivity index (χ3n) is 2.30. The second-order valence-electron chi connectivity index (χ2n) is 5.18. The predicted octanol–water partition coefficient (Wildman–Crippen LogP) is 2.51. The highest BCUT2D eigenvalue weighted by Crippen LogP contribution is 2.26. The molecule has 94 valence electrons. The van der Waals surface area contributed by atoms with Gasteiger partial charge in [0.15, 0.2) is 0 Å². The number of rotatable bonds is 3. The van der Waals surface area contributed by atoms with E-state index in [0.29, 0.717) is 16.9 Å². The minimum atomic E-state index is -0.381. The average Bonchev–Trinajstić information content (AvgIpc) is 2.25. The van der Waals surface area contributed by atoms with Gasteiger partial charge in [0, 0.05) is 6.54 Å². The van der Waals surface area contributed by atoms with Gasteiger partial charge in [-0.2, -0.15) is 0 Å². The molecule has 1 rings (SSSR count). The van der Waals surface area contributed by atoms with Crippen LogP contribution >= 0.6 is 0 Å². The minimum absolute atomic E-state index is 0.107. The van der Waals surface area contributed by atoms with Gasteiger partial charge >= 0.3 is 5.97 Å². The molecule has 0 bridgehead atoms. The number of anilines is 2. The van der Waals surface area contributed by atoms with Gasteiger partial charge in [-0.3, -0.25) is 0 Å². The molecule has 0 amide bonds. The summed E-state index contributed by atoms with van der Waals surface area (Å²) in [6.45, 7) is 7.05. The summed E-state index contributed by atoms with van der Waals surface area (Å²) in [5, 5.41) is 3.21. The van der Waals surface area contributed by atoms with Crippen LogP contribution in [0.4, 0.5) is 11.4 Å². The van der Waals surface area contributed by atoms with E-state index in [4.69, 9.17) is 10.5 Å². The highest BCUT2D eigenvalue weighted by molar-refractivity contribution is 5.98. The summed E-state index contributed by atoms with van der Waals surface area (Å²) < 4.78 is 4.73. The molecule has 0 aromatic heterocycles. The zero-order chi connectivity index (χ0) is 13.1. The van der Waals surface area contributed by atoms with Gasteiger partial charge < -0.3 is 15.8 Å². The van der Waals surface area contributed by atoms with Gasteiger partial charge in [0.25, 0.3) is 0 Å². The molecule has 0 saturated carbocycles. The van der Waals surface area contributed by atoms with Crippen LogP contribution < -0.4 is 11.1 Å². The van der Waals surface area contributed by atoms with Crippen LogP contribution in [0.2, 0.25) is 0 Å². The Morgan fingerprint density at radius 1 is 1.41 bits per heavy atom. The summed E-state index contributed by atoms with van der Waals surface area (Å²) >= 11 is 0. The number of nitrogen functional groups attached to an aromatic ring is 1. The molecule has 1 aromatic carbocycles. The van der Waals surface area contributed by atoms with Crippen LogP contribution in [0.1, 0.15) is 31.1 Å². The Morgan fingerprint density at radius 3 is 2.59 bits per heavy atom. The Kier molecular flexibility index (Phi) is 3.99. The minimum Gasteiger partial charge on any atom is -0.465 e. The summed E-state index contributed by atoms with van der Waals surface area (Å²) in [5.74, 6) is -0.381. The van der Waals surface area contributed by atoms with Crippen molar-refractivity contribution in [1.29, 1.82) is 0 Å². The third-order valence-corrected chi connectivity index (χ3v) is 2.30. The highest BCUT2D eigenvalue weighted by Gasteiger charge is 2.16. The maximum absolute atomic E-state index is 11.6. The van der Waals surface area contributed by atoms with Crippen molar-refractivity contribution in [2.45, 2.75) is 20.8 Å². The molecule has 0 spiro atoms. The quantitative estimate of drug-likeness (QED) is 0.625. The Balaban J connectivity index is 3.00. The molecular formula is C13H20N2O2. The first kappa shape index (κ1) is 13.4. The van der Waals surface area contributed by atoms with Gasteiger partial charge in [-0.15, -0.1) is 0 Å². The van der Waals surface area contributed by atoms with E-state index < -0.39 is 0 Å². The van der Waals surface area contributed by atoms with E-state index in [-0.39, 0.29) is 11.4 Å². The Hall–Kier alpha value is -1.71. The van der Waals surface area contributed by atoms with Gasteiger partial charge in [0.05, 0.1) is 24.0 Å². The van der Waals surface area contributed by atoms with Crippen LogP contribution in [0, 0.1) is 5.41 Å². The van der Waals surface area contributed by atoms with Crippen LogP contribution in [-0.4, -0.2) is 19.6 Å². The smallest absolute Gasteiger partial charge is 0.340 e. The Labute approximate surface area is 102 Å². The lowest BCUT2D eigenvalue weighted by molar-refractivity contribution is 0.0602. The van der Waals surface area contributed by atoms with Gasteiger partial charge in [0.1, 0.15) is 0 Å². The standard InChI is InChI=1S/C13H20N2O2/c1-13(2,3)8-15-11-9(12(16)17-4)6-5-7-10(11)14/h5-7,15H,8,14H2,1-4H3. The number of carbonyl (C=O) groups is 1. The summed E-state index contributed by atoms with van der Waals surface area (Å²) in [6.07, 6.45) is 0. The number of nitrogens with one attached hydrogen (secondary N) is 1.